The van der Waals surface area contributed by atoms with Gasteiger partial charge in [0.15, 0.2) is 0 Å². The van der Waals surface area contributed by atoms with Crippen molar-refractivity contribution in [3.8, 4) is 11.6 Å². The van der Waals surface area contributed by atoms with E-state index in [1.54, 1.807) is 109 Å². The van der Waals surface area contributed by atoms with Crippen molar-refractivity contribution in [2.45, 2.75) is 26.4 Å². The quantitative estimate of drug-likeness (QED) is 0.287. The maximum atomic E-state index is 14.2. The van der Waals surface area contributed by atoms with E-state index in [0.29, 0.717) is 34.0 Å². The van der Waals surface area contributed by atoms with E-state index in [0.717, 1.165) is 0 Å². The lowest BCUT2D eigenvalue weighted by Crippen LogP contribution is -2.47. The van der Waals surface area contributed by atoms with Crippen molar-refractivity contribution >= 4 is 28.3 Å². The molecule has 10 nitrogen and oxygen atoms in total. The highest BCUT2D eigenvalue weighted by molar-refractivity contribution is 5.94. The van der Waals surface area contributed by atoms with Gasteiger partial charge in [-0.1, -0.05) is 36.4 Å². The van der Waals surface area contributed by atoms with E-state index >= 15 is 0 Å². The molecule has 0 saturated heterocycles. The number of fused-ring (bicyclic) bond motifs is 1. The van der Waals surface area contributed by atoms with Crippen LogP contribution in [0.15, 0.2) is 118 Å². The van der Waals surface area contributed by atoms with Crippen LogP contribution in [0.2, 0.25) is 0 Å². The molecule has 2 heterocycles. The zero-order valence-electron chi connectivity index (χ0n) is 23.5. The Morgan fingerprint density at radius 1 is 0.881 bits per heavy atom. The molecule has 1 amide bonds. The molecule has 0 atom stereocenters. The third-order valence-corrected chi connectivity index (χ3v) is 6.64. The lowest BCUT2D eigenvalue weighted by Gasteiger charge is -2.27. The van der Waals surface area contributed by atoms with Gasteiger partial charge in [-0.15, -0.1) is 0 Å². The predicted octanol–water partition coefficient (Wildman–Crippen LogP) is 3.93. The van der Waals surface area contributed by atoms with Gasteiger partial charge in [0.2, 0.25) is 11.3 Å². The summed E-state index contributed by atoms with van der Waals surface area (Å²) in [6.45, 7) is 3.44. The zero-order chi connectivity index (χ0) is 29.6. The summed E-state index contributed by atoms with van der Waals surface area (Å²) in [5, 5.41) is 3.87. The summed E-state index contributed by atoms with van der Waals surface area (Å²) in [5.74, 6) is 0.629. The van der Waals surface area contributed by atoms with Gasteiger partial charge in [0.05, 0.1) is 23.8 Å². The molecule has 5 aromatic rings. The van der Waals surface area contributed by atoms with E-state index in [2.05, 4.69) is 15.5 Å². The Morgan fingerprint density at radius 2 is 1.55 bits per heavy atom. The topological polar surface area (TPSA) is 111 Å². The first-order valence-corrected chi connectivity index (χ1v) is 13.4. The molecule has 0 spiro atoms. The monoisotopic (exact) mass is 562 g/mol. The fraction of sp³-hybridized carbons (Fsp3) is 0.156. The number of anilines is 2. The fourth-order valence-corrected chi connectivity index (χ4v) is 4.71. The number of para-hydroxylation sites is 3. The van der Waals surface area contributed by atoms with Crippen molar-refractivity contribution in [2.75, 3.05) is 17.4 Å². The zero-order valence-corrected chi connectivity index (χ0v) is 23.5. The number of nitrogens with one attached hydrogen (secondary N) is 1. The summed E-state index contributed by atoms with van der Waals surface area (Å²) in [6, 6.07) is 28.0. The lowest BCUT2D eigenvalue weighted by atomic mass is 10.2. The third kappa shape index (κ3) is 5.68. The second kappa shape index (κ2) is 12.3. The lowest BCUT2D eigenvalue weighted by molar-refractivity contribution is -0.119. The van der Waals surface area contributed by atoms with E-state index in [1.807, 2.05) is 19.9 Å². The van der Waals surface area contributed by atoms with E-state index in [1.165, 1.54) is 9.13 Å². The first-order valence-electron chi connectivity index (χ1n) is 13.4. The number of rotatable bonds is 8. The van der Waals surface area contributed by atoms with Crippen molar-refractivity contribution in [1.82, 2.24) is 14.1 Å². The summed E-state index contributed by atoms with van der Waals surface area (Å²) < 4.78 is 7.90. The maximum Gasteiger partial charge on any atom is 0.290 e. The van der Waals surface area contributed by atoms with Crippen LogP contribution in [0.25, 0.3) is 16.9 Å². The molecule has 2 aromatic heterocycles. The fourth-order valence-electron chi connectivity index (χ4n) is 4.71. The molecule has 10 heteroatoms. The van der Waals surface area contributed by atoms with Crippen molar-refractivity contribution in [2.24, 2.45) is 5.10 Å². The number of benzene rings is 3. The minimum absolute atomic E-state index is 0.220. The van der Waals surface area contributed by atoms with Crippen molar-refractivity contribution < 1.29 is 9.53 Å². The number of carbonyl (C=O) groups excluding carboxylic acids is 1. The average Bonchev–Trinajstić information content (AvgIpc) is 3.09. The number of carbonyl (C=O) groups is 1. The van der Waals surface area contributed by atoms with Crippen LogP contribution in [0.5, 0.6) is 5.75 Å². The Labute approximate surface area is 241 Å². The number of hydrogen-bond acceptors (Lipinski definition) is 7. The van der Waals surface area contributed by atoms with Crippen LogP contribution < -0.4 is 31.5 Å². The summed E-state index contributed by atoms with van der Waals surface area (Å²) in [7, 11) is 1.57. The first-order chi connectivity index (χ1) is 20.4. The van der Waals surface area contributed by atoms with Crippen molar-refractivity contribution in [1.29, 1.82) is 0 Å². The molecular formula is C32H30N6O4. The predicted molar refractivity (Wildman–Crippen MR) is 163 cm³/mol. The minimum Gasteiger partial charge on any atom is -0.497 e. The van der Waals surface area contributed by atoms with Gasteiger partial charge < -0.3 is 9.64 Å². The summed E-state index contributed by atoms with van der Waals surface area (Å²) in [4.78, 5) is 48.1. The first kappa shape index (κ1) is 28.0. The molecule has 0 unspecified atom stereocenters. The standard InChI is InChI=1S/C32H30N6O4/c1-22(2)37(24-16-18-25(42-3)19-17-24)29(39)21-36-26-13-7-8-14-27(26)38(28-15-9-10-20-33-28)32(41)30(31(36)40)35-34-23-11-5-4-6-12-23/h4-20,22,34H,21H2,1-3H3. The largest absolute Gasteiger partial charge is 0.497 e. The SMILES string of the molecule is COc1ccc(N(C(=O)Cn2c(=O)c(=NNc3ccccc3)c(=O)n(-c3ccccn3)c3ccccc32)C(C)C)cc1. The Hall–Kier alpha value is -5.51. The van der Waals surface area contributed by atoms with Gasteiger partial charge in [0.25, 0.3) is 11.1 Å². The van der Waals surface area contributed by atoms with Gasteiger partial charge in [-0.3, -0.25) is 28.9 Å². The number of nitrogens with zero attached hydrogens (tertiary/aromatic N) is 5. The Balaban J connectivity index is 1.75. The second-order valence-electron chi connectivity index (χ2n) is 9.70. The highest BCUT2D eigenvalue weighted by atomic mass is 16.5. The second-order valence-corrected chi connectivity index (χ2v) is 9.70. The molecule has 42 heavy (non-hydrogen) atoms. The highest BCUT2D eigenvalue weighted by Crippen LogP contribution is 2.22. The number of methoxy groups -OCH3 is 1. The average molecular weight is 563 g/mol. The van der Waals surface area contributed by atoms with Crippen LogP contribution in [0, 0.1) is 0 Å². The smallest absolute Gasteiger partial charge is 0.290 e. The number of amides is 1. The molecule has 5 rings (SSSR count). The van der Waals surface area contributed by atoms with Gasteiger partial charge in [-0.05, 0) is 74.5 Å². The number of aromatic nitrogens is 3. The molecule has 3 aromatic carbocycles. The Bertz CT molecular complexity index is 1900. The molecule has 1 N–H and O–H groups in total. The van der Waals surface area contributed by atoms with E-state index in [4.69, 9.17) is 4.74 Å². The number of hydrogen-bond donors (Lipinski definition) is 1. The summed E-state index contributed by atoms with van der Waals surface area (Å²) in [5.41, 5.74) is 3.42. The van der Waals surface area contributed by atoms with Crippen LogP contribution in [0.3, 0.4) is 0 Å². The highest BCUT2D eigenvalue weighted by Gasteiger charge is 2.22. The van der Waals surface area contributed by atoms with Crippen molar-refractivity contribution in [3.05, 3.63) is 129 Å². The van der Waals surface area contributed by atoms with Crippen LogP contribution in [-0.4, -0.2) is 33.2 Å². The number of ether oxygens (including phenoxy) is 1. The van der Waals surface area contributed by atoms with Crippen molar-refractivity contribution in [3.63, 3.8) is 0 Å². The van der Waals surface area contributed by atoms with E-state index < -0.39 is 16.5 Å². The molecular weight excluding hydrogens is 532 g/mol. The molecule has 0 saturated carbocycles. The van der Waals surface area contributed by atoms with Crippen LogP contribution in [0.4, 0.5) is 11.4 Å². The molecule has 0 fully saturated rings. The summed E-state index contributed by atoms with van der Waals surface area (Å²) >= 11 is 0. The van der Waals surface area contributed by atoms with Crippen LogP contribution >= 0.6 is 0 Å². The molecule has 212 valence electrons. The van der Waals surface area contributed by atoms with Crippen LogP contribution in [0.1, 0.15) is 13.8 Å². The third-order valence-electron chi connectivity index (χ3n) is 6.64. The van der Waals surface area contributed by atoms with Gasteiger partial charge in [-0.2, -0.15) is 5.10 Å². The Morgan fingerprint density at radius 3 is 2.19 bits per heavy atom. The minimum atomic E-state index is -0.721. The molecule has 0 radical (unpaired) electrons. The van der Waals surface area contributed by atoms with Crippen LogP contribution in [-0.2, 0) is 11.3 Å². The Kier molecular flexibility index (Phi) is 8.24. The number of pyridine rings is 1. The molecule has 0 bridgehead atoms. The summed E-state index contributed by atoms with van der Waals surface area (Å²) in [6.07, 6.45) is 1.56. The van der Waals surface area contributed by atoms with Gasteiger partial charge in [0, 0.05) is 17.9 Å². The molecule has 0 aliphatic carbocycles. The van der Waals surface area contributed by atoms with Gasteiger partial charge in [-0.25, -0.2) is 4.98 Å². The normalized spacial score (nSPS) is 11.5. The van der Waals surface area contributed by atoms with E-state index in [9.17, 15) is 14.4 Å². The van der Waals surface area contributed by atoms with Gasteiger partial charge >= 0.3 is 0 Å². The van der Waals surface area contributed by atoms with E-state index in [-0.39, 0.29) is 18.5 Å². The maximum absolute atomic E-state index is 14.2. The molecule has 0 aliphatic rings. The van der Waals surface area contributed by atoms with Gasteiger partial charge in [0.1, 0.15) is 18.1 Å². The molecule has 0 aliphatic heterocycles.